The van der Waals surface area contributed by atoms with E-state index in [1.165, 1.54) is 12.8 Å². The summed E-state index contributed by atoms with van der Waals surface area (Å²) in [6, 6.07) is 3.85. The van der Waals surface area contributed by atoms with E-state index in [1.54, 1.807) is 6.20 Å². The van der Waals surface area contributed by atoms with Crippen LogP contribution in [-0.2, 0) is 4.79 Å². The molecule has 1 unspecified atom stereocenters. The highest BCUT2D eigenvalue weighted by molar-refractivity contribution is 5.92. The number of ether oxygens (including phenoxy) is 1. The molecule has 0 amide bonds. The summed E-state index contributed by atoms with van der Waals surface area (Å²) in [6.07, 6.45) is 9.28. The second kappa shape index (κ2) is 4.95. The molecule has 0 aliphatic heterocycles. The first-order valence-corrected chi connectivity index (χ1v) is 7.34. The molecule has 102 valence electrons. The predicted octanol–water partition coefficient (Wildman–Crippen LogP) is 3.45. The highest BCUT2D eigenvalue weighted by Crippen LogP contribution is 2.49. The first-order valence-electron chi connectivity index (χ1n) is 7.34. The quantitative estimate of drug-likeness (QED) is 0.816. The van der Waals surface area contributed by atoms with Gasteiger partial charge in [-0.05, 0) is 31.9 Å². The van der Waals surface area contributed by atoms with Crippen molar-refractivity contribution in [2.24, 2.45) is 5.41 Å². The van der Waals surface area contributed by atoms with Crippen molar-refractivity contribution >= 4 is 5.78 Å². The molecule has 0 bridgehead atoms. The van der Waals surface area contributed by atoms with E-state index in [-0.39, 0.29) is 11.5 Å². The summed E-state index contributed by atoms with van der Waals surface area (Å²) in [7, 11) is 0. The molecular formula is C16H21NO2. The molecule has 1 atom stereocenters. The van der Waals surface area contributed by atoms with Crippen LogP contribution in [0.4, 0.5) is 0 Å². The number of pyridine rings is 1. The number of carbonyl (C=O) groups is 1. The third kappa shape index (κ3) is 2.15. The first kappa shape index (κ1) is 12.6. The van der Waals surface area contributed by atoms with Crippen LogP contribution in [0.25, 0.3) is 0 Å². The van der Waals surface area contributed by atoms with Crippen LogP contribution in [0.15, 0.2) is 18.3 Å². The lowest BCUT2D eigenvalue weighted by Crippen LogP contribution is -2.56. The Hall–Kier alpha value is -1.38. The highest BCUT2D eigenvalue weighted by Gasteiger charge is 2.55. The maximum Gasteiger partial charge on any atom is 0.146 e. The number of aromatic nitrogens is 1. The monoisotopic (exact) mass is 259 g/mol. The minimum atomic E-state index is -0.182. The number of rotatable bonds is 2. The summed E-state index contributed by atoms with van der Waals surface area (Å²) in [4.78, 5) is 16.4. The molecular weight excluding hydrogens is 238 g/mol. The molecule has 1 aromatic rings. The van der Waals surface area contributed by atoms with Gasteiger partial charge in [0.15, 0.2) is 0 Å². The smallest absolute Gasteiger partial charge is 0.146 e. The van der Waals surface area contributed by atoms with E-state index in [1.807, 2.05) is 19.1 Å². The van der Waals surface area contributed by atoms with Crippen LogP contribution in [-0.4, -0.2) is 16.9 Å². The van der Waals surface area contributed by atoms with Gasteiger partial charge in [-0.1, -0.05) is 25.7 Å². The molecule has 2 fully saturated rings. The van der Waals surface area contributed by atoms with Gasteiger partial charge >= 0.3 is 0 Å². The van der Waals surface area contributed by atoms with Crippen LogP contribution in [0.2, 0.25) is 0 Å². The van der Waals surface area contributed by atoms with Gasteiger partial charge in [0.2, 0.25) is 0 Å². The minimum absolute atomic E-state index is 0.0704. The van der Waals surface area contributed by atoms with Gasteiger partial charge in [-0.2, -0.15) is 0 Å². The lowest BCUT2D eigenvalue weighted by molar-refractivity contribution is -0.154. The van der Waals surface area contributed by atoms with Gasteiger partial charge in [0.1, 0.15) is 17.6 Å². The molecule has 0 radical (unpaired) electrons. The Bertz CT molecular complexity index is 475. The molecule has 3 rings (SSSR count). The maximum atomic E-state index is 12.2. The third-order valence-electron chi connectivity index (χ3n) is 4.77. The van der Waals surface area contributed by atoms with Crippen LogP contribution in [0, 0.1) is 12.3 Å². The number of aryl methyl sites for hydroxylation is 1. The molecule has 1 heterocycles. The van der Waals surface area contributed by atoms with Crippen molar-refractivity contribution in [2.75, 3.05) is 0 Å². The zero-order valence-corrected chi connectivity index (χ0v) is 11.5. The molecule has 2 aliphatic carbocycles. The highest BCUT2D eigenvalue weighted by atomic mass is 16.5. The van der Waals surface area contributed by atoms with Crippen molar-refractivity contribution in [3.63, 3.8) is 0 Å². The molecule has 1 aromatic heterocycles. The standard InChI is InChI=1S/C16H21NO2/c1-12-13(7-6-10-17-12)19-15-11-14(18)16(15)8-4-2-3-5-9-16/h6-7,10,15H,2-5,8-9,11H2,1H3. The van der Waals surface area contributed by atoms with Crippen molar-refractivity contribution in [1.82, 2.24) is 4.98 Å². The number of ketones is 1. The molecule has 3 nitrogen and oxygen atoms in total. The van der Waals surface area contributed by atoms with E-state index < -0.39 is 0 Å². The van der Waals surface area contributed by atoms with Crippen LogP contribution in [0.5, 0.6) is 5.75 Å². The van der Waals surface area contributed by atoms with E-state index in [9.17, 15) is 4.79 Å². The number of carbonyl (C=O) groups excluding carboxylic acids is 1. The second-order valence-electron chi connectivity index (χ2n) is 5.89. The molecule has 1 spiro atoms. The zero-order valence-electron chi connectivity index (χ0n) is 11.5. The van der Waals surface area contributed by atoms with Gasteiger partial charge in [-0.15, -0.1) is 0 Å². The Morgan fingerprint density at radius 2 is 2.00 bits per heavy atom. The number of nitrogens with zero attached hydrogens (tertiary/aromatic N) is 1. The fourth-order valence-corrected chi connectivity index (χ4v) is 3.48. The van der Waals surface area contributed by atoms with Crippen LogP contribution < -0.4 is 4.74 Å². The van der Waals surface area contributed by atoms with Gasteiger partial charge in [0.25, 0.3) is 0 Å². The molecule has 2 saturated carbocycles. The van der Waals surface area contributed by atoms with E-state index in [0.717, 1.165) is 37.1 Å². The fraction of sp³-hybridized carbons (Fsp3) is 0.625. The van der Waals surface area contributed by atoms with Crippen molar-refractivity contribution in [2.45, 2.75) is 58.0 Å². The second-order valence-corrected chi connectivity index (χ2v) is 5.89. The third-order valence-corrected chi connectivity index (χ3v) is 4.77. The predicted molar refractivity (Wildman–Crippen MR) is 73.1 cm³/mol. The summed E-state index contributed by atoms with van der Waals surface area (Å²) < 4.78 is 6.12. The minimum Gasteiger partial charge on any atom is -0.487 e. The normalized spacial score (nSPS) is 25.7. The summed E-state index contributed by atoms with van der Waals surface area (Å²) in [5.74, 6) is 1.25. The summed E-state index contributed by atoms with van der Waals surface area (Å²) in [5, 5.41) is 0. The van der Waals surface area contributed by atoms with Gasteiger partial charge in [0, 0.05) is 12.6 Å². The topological polar surface area (TPSA) is 39.2 Å². The molecule has 0 saturated heterocycles. The molecule has 0 N–H and O–H groups in total. The average Bonchev–Trinajstić information content (AvgIpc) is 2.68. The Morgan fingerprint density at radius 1 is 1.26 bits per heavy atom. The Labute approximate surface area is 114 Å². The largest absolute Gasteiger partial charge is 0.487 e. The van der Waals surface area contributed by atoms with Crippen LogP contribution in [0.1, 0.15) is 50.6 Å². The fourth-order valence-electron chi connectivity index (χ4n) is 3.48. The average molecular weight is 259 g/mol. The summed E-state index contributed by atoms with van der Waals surface area (Å²) in [5.41, 5.74) is 0.726. The van der Waals surface area contributed by atoms with Gasteiger partial charge in [-0.3, -0.25) is 9.78 Å². The van der Waals surface area contributed by atoms with Crippen LogP contribution in [0.3, 0.4) is 0 Å². The zero-order chi connectivity index (χ0) is 13.3. The van der Waals surface area contributed by atoms with Crippen molar-refractivity contribution in [3.8, 4) is 5.75 Å². The summed E-state index contributed by atoms with van der Waals surface area (Å²) in [6.45, 7) is 1.95. The van der Waals surface area contributed by atoms with E-state index in [2.05, 4.69) is 4.98 Å². The number of Topliss-reactive ketones (excluding diaryl/α,β-unsaturated/α-hetero) is 1. The molecule has 19 heavy (non-hydrogen) atoms. The summed E-state index contributed by atoms with van der Waals surface area (Å²) >= 11 is 0. The number of hydrogen-bond donors (Lipinski definition) is 0. The van der Waals surface area contributed by atoms with Crippen molar-refractivity contribution < 1.29 is 9.53 Å². The van der Waals surface area contributed by atoms with E-state index in [0.29, 0.717) is 12.2 Å². The van der Waals surface area contributed by atoms with E-state index in [4.69, 9.17) is 4.74 Å². The Kier molecular flexibility index (Phi) is 3.29. The maximum absolute atomic E-state index is 12.2. The number of hydrogen-bond acceptors (Lipinski definition) is 3. The van der Waals surface area contributed by atoms with Gasteiger partial charge in [-0.25, -0.2) is 0 Å². The van der Waals surface area contributed by atoms with E-state index >= 15 is 0 Å². The Morgan fingerprint density at radius 3 is 2.63 bits per heavy atom. The van der Waals surface area contributed by atoms with Crippen LogP contribution >= 0.6 is 0 Å². The lowest BCUT2D eigenvalue weighted by atomic mass is 9.60. The van der Waals surface area contributed by atoms with Gasteiger partial charge in [0.05, 0.1) is 11.1 Å². The Balaban J connectivity index is 1.78. The molecule has 3 heteroatoms. The first-order chi connectivity index (χ1) is 9.22. The van der Waals surface area contributed by atoms with Crippen molar-refractivity contribution in [3.05, 3.63) is 24.0 Å². The lowest BCUT2D eigenvalue weighted by Gasteiger charge is -2.47. The van der Waals surface area contributed by atoms with Gasteiger partial charge < -0.3 is 4.74 Å². The van der Waals surface area contributed by atoms with Crippen molar-refractivity contribution in [1.29, 1.82) is 0 Å². The molecule has 0 aromatic carbocycles. The SMILES string of the molecule is Cc1ncccc1OC1CC(=O)C12CCCCCC2. The molecule has 2 aliphatic rings.